The lowest BCUT2D eigenvalue weighted by Crippen LogP contribution is -2.25. The molecule has 150 valence electrons. The molecule has 1 atom stereocenters. The van der Waals surface area contributed by atoms with Gasteiger partial charge in [0.1, 0.15) is 0 Å². The normalized spacial score (nSPS) is 11.9. The van der Waals surface area contributed by atoms with Gasteiger partial charge in [-0.05, 0) is 38.1 Å². The van der Waals surface area contributed by atoms with Crippen LogP contribution in [0.4, 0.5) is 20.2 Å². The van der Waals surface area contributed by atoms with E-state index in [9.17, 15) is 18.4 Å². The van der Waals surface area contributed by atoms with Crippen molar-refractivity contribution in [2.24, 2.45) is 0 Å². The SMILES string of the molecule is Cc1ccc(NC(=O)CSC(C)C(=O)Nc2cccc(Cl)c2SC(F)F)cc1. The van der Waals surface area contributed by atoms with Crippen LogP contribution in [-0.2, 0) is 9.59 Å². The Labute approximate surface area is 175 Å². The topological polar surface area (TPSA) is 58.2 Å². The molecule has 28 heavy (non-hydrogen) atoms. The molecular formula is C19H19ClF2N2O2S2. The molecule has 0 aliphatic carbocycles. The molecule has 4 nitrogen and oxygen atoms in total. The molecule has 2 aromatic carbocycles. The number of amides is 2. The molecule has 0 aliphatic rings. The van der Waals surface area contributed by atoms with E-state index >= 15 is 0 Å². The monoisotopic (exact) mass is 444 g/mol. The zero-order chi connectivity index (χ0) is 20.7. The van der Waals surface area contributed by atoms with Crippen LogP contribution in [0.25, 0.3) is 0 Å². The Morgan fingerprint density at radius 2 is 1.79 bits per heavy atom. The Bertz CT molecular complexity index is 835. The van der Waals surface area contributed by atoms with Gasteiger partial charge in [0.05, 0.1) is 26.6 Å². The molecule has 0 saturated heterocycles. The Morgan fingerprint density at radius 3 is 2.43 bits per heavy atom. The molecule has 2 rings (SSSR count). The van der Waals surface area contributed by atoms with Crippen molar-refractivity contribution in [2.75, 3.05) is 16.4 Å². The van der Waals surface area contributed by atoms with Crippen LogP contribution < -0.4 is 10.6 Å². The Kier molecular flexibility index (Phi) is 8.59. The van der Waals surface area contributed by atoms with Crippen LogP contribution >= 0.6 is 35.1 Å². The van der Waals surface area contributed by atoms with Gasteiger partial charge in [-0.1, -0.05) is 47.1 Å². The van der Waals surface area contributed by atoms with E-state index in [0.29, 0.717) is 5.69 Å². The third-order valence-corrected chi connectivity index (χ3v) is 6.02. The minimum absolute atomic E-state index is 0.0800. The molecule has 0 aromatic heterocycles. The molecule has 0 saturated carbocycles. The number of halogens is 3. The number of aryl methyl sites for hydroxylation is 1. The summed E-state index contributed by atoms with van der Waals surface area (Å²) in [7, 11) is 0. The Balaban J connectivity index is 1.90. The highest BCUT2D eigenvalue weighted by Gasteiger charge is 2.19. The summed E-state index contributed by atoms with van der Waals surface area (Å²) in [5.41, 5.74) is 1.99. The molecule has 0 heterocycles. The minimum atomic E-state index is -2.66. The van der Waals surface area contributed by atoms with Gasteiger partial charge in [0.25, 0.3) is 5.76 Å². The molecule has 1 unspecified atom stereocenters. The molecule has 0 bridgehead atoms. The van der Waals surface area contributed by atoms with Gasteiger partial charge < -0.3 is 10.6 Å². The molecule has 2 amide bonds. The summed E-state index contributed by atoms with van der Waals surface area (Å²) in [5, 5.41) is 4.94. The molecule has 0 fully saturated rings. The highest BCUT2D eigenvalue weighted by molar-refractivity contribution is 8.01. The number of rotatable bonds is 8. The van der Waals surface area contributed by atoms with E-state index in [1.54, 1.807) is 25.1 Å². The quantitative estimate of drug-likeness (QED) is 0.515. The van der Waals surface area contributed by atoms with E-state index in [2.05, 4.69) is 10.6 Å². The minimum Gasteiger partial charge on any atom is -0.325 e. The molecule has 2 N–H and O–H groups in total. The van der Waals surface area contributed by atoms with Crippen LogP contribution in [0.2, 0.25) is 5.02 Å². The van der Waals surface area contributed by atoms with Crippen LogP contribution in [0, 0.1) is 6.92 Å². The number of carbonyl (C=O) groups is 2. The fraction of sp³-hybridized carbons (Fsp3) is 0.263. The van der Waals surface area contributed by atoms with Gasteiger partial charge in [-0.25, -0.2) is 0 Å². The lowest BCUT2D eigenvalue weighted by atomic mass is 10.2. The average molecular weight is 445 g/mol. The molecular weight excluding hydrogens is 426 g/mol. The smallest absolute Gasteiger partial charge is 0.289 e. The second-order valence-electron chi connectivity index (χ2n) is 5.85. The predicted octanol–water partition coefficient (Wildman–Crippen LogP) is 5.66. The number of nitrogens with one attached hydrogen (secondary N) is 2. The van der Waals surface area contributed by atoms with Crippen LogP contribution in [0.5, 0.6) is 0 Å². The van der Waals surface area contributed by atoms with E-state index in [-0.39, 0.29) is 39.0 Å². The first-order valence-corrected chi connectivity index (χ1v) is 10.6. The zero-order valence-corrected chi connectivity index (χ0v) is 17.6. The maximum atomic E-state index is 12.7. The Hall–Kier alpha value is -1.77. The predicted molar refractivity (Wildman–Crippen MR) is 114 cm³/mol. The molecule has 0 radical (unpaired) electrons. The van der Waals surface area contributed by atoms with Gasteiger partial charge in [-0.3, -0.25) is 9.59 Å². The third kappa shape index (κ3) is 7.00. The van der Waals surface area contributed by atoms with Crippen molar-refractivity contribution in [3.63, 3.8) is 0 Å². The Morgan fingerprint density at radius 1 is 1.11 bits per heavy atom. The van der Waals surface area contributed by atoms with Gasteiger partial charge in [-0.2, -0.15) is 8.78 Å². The number of benzene rings is 2. The van der Waals surface area contributed by atoms with E-state index in [1.165, 1.54) is 12.1 Å². The summed E-state index contributed by atoms with van der Waals surface area (Å²) in [4.78, 5) is 24.5. The maximum Gasteiger partial charge on any atom is 0.289 e. The van der Waals surface area contributed by atoms with Crippen molar-refractivity contribution in [1.29, 1.82) is 0 Å². The highest BCUT2D eigenvalue weighted by Crippen LogP contribution is 2.37. The summed E-state index contributed by atoms with van der Waals surface area (Å²) in [5.74, 6) is -3.21. The largest absolute Gasteiger partial charge is 0.325 e. The molecule has 0 spiro atoms. The summed E-state index contributed by atoms with van der Waals surface area (Å²) < 4.78 is 25.5. The summed E-state index contributed by atoms with van der Waals surface area (Å²) in [6.07, 6.45) is 0. The second-order valence-corrected chi connectivity index (χ2v) is 8.59. The number of anilines is 2. The first-order chi connectivity index (χ1) is 13.3. The molecule has 2 aromatic rings. The highest BCUT2D eigenvalue weighted by atomic mass is 35.5. The van der Waals surface area contributed by atoms with Crippen LogP contribution in [0.1, 0.15) is 12.5 Å². The second kappa shape index (κ2) is 10.7. The number of thioether (sulfide) groups is 2. The summed E-state index contributed by atoms with van der Waals surface area (Å²) >= 11 is 7.38. The fourth-order valence-electron chi connectivity index (χ4n) is 2.16. The first kappa shape index (κ1) is 22.5. The number of alkyl halides is 2. The van der Waals surface area contributed by atoms with Crippen LogP contribution in [0.15, 0.2) is 47.4 Å². The average Bonchev–Trinajstić information content (AvgIpc) is 2.64. The van der Waals surface area contributed by atoms with Crippen molar-refractivity contribution in [2.45, 2.75) is 29.8 Å². The van der Waals surface area contributed by atoms with Crippen molar-refractivity contribution < 1.29 is 18.4 Å². The summed E-state index contributed by atoms with van der Waals surface area (Å²) in [6.45, 7) is 3.59. The van der Waals surface area contributed by atoms with Crippen molar-refractivity contribution >= 4 is 58.3 Å². The van der Waals surface area contributed by atoms with Gasteiger partial charge in [-0.15, -0.1) is 11.8 Å². The van der Waals surface area contributed by atoms with E-state index < -0.39 is 16.9 Å². The lowest BCUT2D eigenvalue weighted by Gasteiger charge is -2.15. The number of carbonyl (C=O) groups excluding carboxylic acids is 2. The van der Waals surface area contributed by atoms with Crippen LogP contribution in [-0.4, -0.2) is 28.6 Å². The fourth-order valence-corrected chi connectivity index (χ4v) is 3.76. The molecule has 0 aliphatic heterocycles. The van der Waals surface area contributed by atoms with Gasteiger partial charge in [0.15, 0.2) is 0 Å². The lowest BCUT2D eigenvalue weighted by molar-refractivity contribution is -0.115. The van der Waals surface area contributed by atoms with E-state index in [4.69, 9.17) is 11.6 Å². The van der Waals surface area contributed by atoms with Crippen molar-refractivity contribution in [1.82, 2.24) is 0 Å². The number of hydrogen-bond donors (Lipinski definition) is 2. The maximum absolute atomic E-state index is 12.7. The van der Waals surface area contributed by atoms with Gasteiger partial charge >= 0.3 is 0 Å². The van der Waals surface area contributed by atoms with Gasteiger partial charge in [0, 0.05) is 5.69 Å². The third-order valence-electron chi connectivity index (χ3n) is 3.60. The zero-order valence-electron chi connectivity index (χ0n) is 15.2. The van der Waals surface area contributed by atoms with Crippen LogP contribution in [0.3, 0.4) is 0 Å². The molecule has 9 heteroatoms. The van der Waals surface area contributed by atoms with Gasteiger partial charge in [0.2, 0.25) is 11.8 Å². The standard InChI is InChI=1S/C19H19ClF2N2O2S2/c1-11-6-8-13(9-7-11)23-16(25)10-27-12(2)18(26)24-15-5-3-4-14(20)17(15)28-19(21)22/h3-9,12,19H,10H2,1-2H3,(H,23,25)(H,24,26). The van der Waals surface area contributed by atoms with Crippen molar-refractivity contribution in [3.05, 3.63) is 53.1 Å². The number of hydrogen-bond acceptors (Lipinski definition) is 4. The first-order valence-electron chi connectivity index (χ1n) is 8.28. The van der Waals surface area contributed by atoms with E-state index in [0.717, 1.165) is 17.3 Å². The summed E-state index contributed by atoms with van der Waals surface area (Å²) in [6, 6.07) is 11.9. The van der Waals surface area contributed by atoms with E-state index in [1.807, 2.05) is 19.1 Å². The van der Waals surface area contributed by atoms with Crippen molar-refractivity contribution in [3.8, 4) is 0 Å².